The number of anilines is 1. The number of nitrogens with one attached hydrogen (secondary N) is 1. The van der Waals surface area contributed by atoms with Crippen LogP contribution >= 0.6 is 12.2 Å². The van der Waals surface area contributed by atoms with Crippen LogP contribution in [0, 0.1) is 5.82 Å². The van der Waals surface area contributed by atoms with Gasteiger partial charge in [-0.05, 0) is 72.9 Å². The largest absolute Gasteiger partial charge is 0.497 e. The highest BCUT2D eigenvalue weighted by Gasteiger charge is 2.42. The smallest absolute Gasteiger partial charge is 0.174 e. The number of methoxy groups -OCH3 is 1. The number of halogens is 1. The second-order valence-corrected chi connectivity index (χ2v) is 7.84. The third kappa shape index (κ3) is 3.50. The van der Waals surface area contributed by atoms with Gasteiger partial charge >= 0.3 is 0 Å². The molecule has 1 aliphatic rings. The van der Waals surface area contributed by atoms with Crippen LogP contribution in [0.5, 0.6) is 5.75 Å². The minimum atomic E-state index is -0.328. The second-order valence-electron chi connectivity index (χ2n) is 7.45. The van der Waals surface area contributed by atoms with E-state index in [0.29, 0.717) is 10.8 Å². The van der Waals surface area contributed by atoms with Gasteiger partial charge in [0.1, 0.15) is 17.6 Å². The molecular formula is C25H21FN4OS. The van der Waals surface area contributed by atoms with Crippen molar-refractivity contribution in [1.29, 1.82) is 0 Å². The standard InChI is InChI=1S/C25H21FN4OS/c1-31-18-13-11-17(12-14-18)29-16-6-10-22(29)24-23(20-8-4-5-15-27-20)28-25(32)30(24)21-9-3-2-7-19(21)26/h2-16,23-24H,1H3,(H,28,32)/t23-,24-/m1/s1. The van der Waals surface area contributed by atoms with Crippen molar-refractivity contribution in [2.75, 3.05) is 12.0 Å². The fraction of sp³-hybridized carbons (Fsp3) is 0.120. The van der Waals surface area contributed by atoms with Crippen LogP contribution in [0.15, 0.2) is 91.3 Å². The Morgan fingerprint density at radius 3 is 2.47 bits per heavy atom. The van der Waals surface area contributed by atoms with E-state index in [1.165, 1.54) is 6.07 Å². The number of thiocarbonyl (C=S) groups is 1. The topological polar surface area (TPSA) is 42.3 Å². The molecule has 4 aromatic rings. The normalized spacial score (nSPS) is 17.9. The Labute approximate surface area is 191 Å². The molecular weight excluding hydrogens is 423 g/mol. The number of benzene rings is 2. The number of para-hydroxylation sites is 1. The molecule has 1 aliphatic heterocycles. The quantitative estimate of drug-likeness (QED) is 0.429. The fourth-order valence-electron chi connectivity index (χ4n) is 4.18. The van der Waals surface area contributed by atoms with Crippen LogP contribution in [0.25, 0.3) is 5.69 Å². The zero-order chi connectivity index (χ0) is 22.1. The number of hydrogen-bond donors (Lipinski definition) is 1. The van der Waals surface area contributed by atoms with Crippen LogP contribution in [0.3, 0.4) is 0 Å². The zero-order valence-electron chi connectivity index (χ0n) is 17.4. The molecule has 1 saturated heterocycles. The third-order valence-electron chi connectivity index (χ3n) is 5.64. The molecule has 7 heteroatoms. The van der Waals surface area contributed by atoms with Crippen molar-refractivity contribution in [1.82, 2.24) is 14.9 Å². The van der Waals surface area contributed by atoms with Crippen LogP contribution in [-0.2, 0) is 0 Å². The fourth-order valence-corrected chi connectivity index (χ4v) is 4.51. The van der Waals surface area contributed by atoms with Crippen molar-refractivity contribution in [3.05, 3.63) is 108 Å². The molecule has 0 radical (unpaired) electrons. The van der Waals surface area contributed by atoms with Gasteiger partial charge < -0.3 is 19.5 Å². The van der Waals surface area contributed by atoms with E-state index in [1.807, 2.05) is 71.8 Å². The summed E-state index contributed by atoms with van der Waals surface area (Å²) in [7, 11) is 1.64. The molecule has 1 fully saturated rings. The van der Waals surface area contributed by atoms with Gasteiger partial charge in [0.15, 0.2) is 5.11 Å². The summed E-state index contributed by atoms with van der Waals surface area (Å²) in [6.45, 7) is 0. The average molecular weight is 445 g/mol. The van der Waals surface area contributed by atoms with Gasteiger partial charge in [-0.15, -0.1) is 0 Å². The number of hydrogen-bond acceptors (Lipinski definition) is 3. The van der Waals surface area contributed by atoms with E-state index in [0.717, 1.165) is 22.8 Å². The molecule has 32 heavy (non-hydrogen) atoms. The number of pyridine rings is 1. The Bertz CT molecular complexity index is 1240. The van der Waals surface area contributed by atoms with E-state index in [9.17, 15) is 4.39 Å². The first-order chi connectivity index (χ1) is 15.7. The van der Waals surface area contributed by atoms with E-state index in [2.05, 4.69) is 14.9 Å². The number of aromatic nitrogens is 2. The van der Waals surface area contributed by atoms with Gasteiger partial charge in [0.05, 0.1) is 24.5 Å². The highest BCUT2D eigenvalue weighted by molar-refractivity contribution is 7.80. The van der Waals surface area contributed by atoms with E-state index in [-0.39, 0.29) is 17.9 Å². The van der Waals surface area contributed by atoms with Crippen molar-refractivity contribution in [2.24, 2.45) is 0 Å². The van der Waals surface area contributed by atoms with Crippen molar-refractivity contribution in [3.8, 4) is 11.4 Å². The van der Waals surface area contributed by atoms with Crippen LogP contribution in [-0.4, -0.2) is 21.8 Å². The van der Waals surface area contributed by atoms with Crippen molar-refractivity contribution in [3.63, 3.8) is 0 Å². The van der Waals surface area contributed by atoms with E-state index >= 15 is 0 Å². The molecule has 2 aromatic heterocycles. The van der Waals surface area contributed by atoms with E-state index in [4.69, 9.17) is 17.0 Å². The molecule has 5 nitrogen and oxygen atoms in total. The summed E-state index contributed by atoms with van der Waals surface area (Å²) < 4.78 is 22.3. The average Bonchev–Trinajstić information content (AvgIpc) is 3.44. The first-order valence-corrected chi connectivity index (χ1v) is 10.6. The summed E-state index contributed by atoms with van der Waals surface area (Å²) in [6.07, 6.45) is 3.75. The maximum absolute atomic E-state index is 14.9. The number of rotatable bonds is 5. The highest BCUT2D eigenvalue weighted by Crippen LogP contribution is 2.42. The molecule has 5 rings (SSSR count). The summed E-state index contributed by atoms with van der Waals surface area (Å²) in [5, 5.41) is 3.83. The predicted octanol–water partition coefficient (Wildman–Crippen LogP) is 5.20. The third-order valence-corrected chi connectivity index (χ3v) is 5.96. The highest BCUT2D eigenvalue weighted by atomic mass is 32.1. The number of nitrogens with zero attached hydrogens (tertiary/aromatic N) is 3. The maximum Gasteiger partial charge on any atom is 0.174 e. The molecule has 3 heterocycles. The van der Waals surface area contributed by atoms with Gasteiger partial charge in [-0.1, -0.05) is 18.2 Å². The minimum absolute atomic E-state index is 0.254. The van der Waals surface area contributed by atoms with Crippen LogP contribution in [0.1, 0.15) is 23.5 Å². The molecule has 160 valence electrons. The summed E-state index contributed by atoms with van der Waals surface area (Å²) >= 11 is 5.70. The molecule has 0 saturated carbocycles. The predicted molar refractivity (Wildman–Crippen MR) is 127 cm³/mol. The number of ether oxygens (including phenoxy) is 1. The Balaban J connectivity index is 1.66. The van der Waals surface area contributed by atoms with Crippen LogP contribution in [0.4, 0.5) is 10.1 Å². The van der Waals surface area contributed by atoms with Crippen LogP contribution in [0.2, 0.25) is 0 Å². The van der Waals surface area contributed by atoms with E-state index in [1.54, 1.807) is 25.4 Å². The summed E-state index contributed by atoms with van der Waals surface area (Å²) in [5.74, 6) is 0.455. The van der Waals surface area contributed by atoms with Gasteiger partial charge in [0.2, 0.25) is 0 Å². The Morgan fingerprint density at radius 2 is 1.75 bits per heavy atom. The lowest BCUT2D eigenvalue weighted by Gasteiger charge is -2.29. The Morgan fingerprint density at radius 1 is 0.969 bits per heavy atom. The molecule has 1 N–H and O–H groups in total. The van der Waals surface area contributed by atoms with Gasteiger partial charge in [0.25, 0.3) is 0 Å². The first kappa shape index (κ1) is 20.2. The van der Waals surface area contributed by atoms with Gasteiger partial charge in [-0.3, -0.25) is 4.98 Å². The molecule has 2 aromatic carbocycles. The van der Waals surface area contributed by atoms with Crippen molar-refractivity contribution >= 4 is 23.0 Å². The van der Waals surface area contributed by atoms with Crippen LogP contribution < -0.4 is 15.0 Å². The lowest BCUT2D eigenvalue weighted by atomic mass is 10.0. The molecule has 0 bridgehead atoms. The lowest BCUT2D eigenvalue weighted by molar-refractivity contribution is 0.414. The Hall–Kier alpha value is -3.71. The molecule has 0 aliphatic carbocycles. The van der Waals surface area contributed by atoms with E-state index < -0.39 is 0 Å². The first-order valence-electron chi connectivity index (χ1n) is 10.2. The summed E-state index contributed by atoms with van der Waals surface area (Å²) in [6, 6.07) is 23.7. The monoisotopic (exact) mass is 444 g/mol. The lowest BCUT2D eigenvalue weighted by Crippen LogP contribution is -2.31. The molecule has 0 spiro atoms. The van der Waals surface area contributed by atoms with Gasteiger partial charge in [0, 0.05) is 23.8 Å². The van der Waals surface area contributed by atoms with Gasteiger partial charge in [-0.2, -0.15) is 0 Å². The zero-order valence-corrected chi connectivity index (χ0v) is 18.2. The molecule has 2 atom stereocenters. The maximum atomic E-state index is 14.9. The second kappa shape index (κ2) is 8.43. The van der Waals surface area contributed by atoms with Gasteiger partial charge in [-0.25, -0.2) is 4.39 Å². The van der Waals surface area contributed by atoms with Crippen molar-refractivity contribution < 1.29 is 9.13 Å². The Kier molecular flexibility index (Phi) is 5.33. The molecule has 0 unspecified atom stereocenters. The summed E-state index contributed by atoms with van der Waals surface area (Å²) in [5.41, 5.74) is 3.19. The minimum Gasteiger partial charge on any atom is -0.497 e. The SMILES string of the molecule is COc1ccc(-n2cccc2[C@@H]2[C@@H](c3ccccn3)NC(=S)N2c2ccccc2F)cc1. The van der Waals surface area contributed by atoms with Crippen molar-refractivity contribution in [2.45, 2.75) is 12.1 Å². The summed E-state index contributed by atoms with van der Waals surface area (Å²) in [4.78, 5) is 6.41. The molecule has 0 amide bonds.